The molecule has 19 heavy (non-hydrogen) atoms. The molecule has 7 nitrogen and oxygen atoms in total. The second kappa shape index (κ2) is 5.69. The quantitative estimate of drug-likeness (QED) is 0.800. The molecule has 0 unspecified atom stereocenters. The van der Waals surface area contributed by atoms with Crippen molar-refractivity contribution in [1.82, 2.24) is 0 Å². The fraction of sp³-hybridized carbons (Fsp3) is 0.273. The molecule has 0 saturated carbocycles. The Kier molecular flexibility index (Phi) is 4.47. The van der Waals surface area contributed by atoms with Gasteiger partial charge in [-0.2, -0.15) is 13.7 Å². The molecule has 1 aromatic rings. The van der Waals surface area contributed by atoms with E-state index >= 15 is 0 Å². The predicted octanol–water partition coefficient (Wildman–Crippen LogP) is 1.10. The van der Waals surface area contributed by atoms with Gasteiger partial charge in [-0.25, -0.2) is 0 Å². The van der Waals surface area contributed by atoms with Gasteiger partial charge >= 0.3 is 0 Å². The fourth-order valence-electron chi connectivity index (χ4n) is 1.42. The van der Waals surface area contributed by atoms with Gasteiger partial charge in [-0.15, -0.1) is 0 Å². The number of benzene rings is 1. The van der Waals surface area contributed by atoms with Gasteiger partial charge in [-0.05, 0) is 18.6 Å². The number of nitrogens with one attached hydrogen (secondary N) is 1. The van der Waals surface area contributed by atoms with Crippen molar-refractivity contribution < 1.29 is 22.5 Å². The topological polar surface area (TPSA) is 116 Å². The van der Waals surface area contributed by atoms with E-state index in [9.17, 15) is 13.2 Å². The second-order valence-corrected chi connectivity index (χ2v) is 5.07. The molecule has 0 aromatic heterocycles. The summed E-state index contributed by atoms with van der Waals surface area (Å²) >= 11 is 0. The second-order valence-electron chi connectivity index (χ2n) is 3.68. The molecular weight excluding hydrogens is 272 g/mol. The lowest BCUT2D eigenvalue weighted by Crippen LogP contribution is -2.12. The highest BCUT2D eigenvalue weighted by Gasteiger charge is 2.19. The molecule has 0 radical (unpaired) electrons. The lowest BCUT2D eigenvalue weighted by Gasteiger charge is -2.12. The van der Waals surface area contributed by atoms with Crippen LogP contribution < -0.4 is 10.1 Å². The average molecular weight is 284 g/mol. The van der Waals surface area contributed by atoms with E-state index in [4.69, 9.17) is 14.6 Å². The molecular formula is C11H12N2O5S. The summed E-state index contributed by atoms with van der Waals surface area (Å²) in [7, 11) is -3.18. The number of anilines is 1. The zero-order chi connectivity index (χ0) is 14.6. The molecule has 0 bridgehead atoms. The van der Waals surface area contributed by atoms with Crippen LogP contribution in [0, 0.1) is 18.3 Å². The highest BCUT2D eigenvalue weighted by Crippen LogP contribution is 2.30. The molecule has 0 atom stereocenters. The number of rotatable bonds is 4. The number of methoxy groups -OCH3 is 1. The third-order valence-corrected chi connectivity index (χ3v) is 3.18. The van der Waals surface area contributed by atoms with E-state index in [0.29, 0.717) is 11.3 Å². The third-order valence-electron chi connectivity index (χ3n) is 2.30. The molecule has 0 aliphatic rings. The number of hydrogen-bond acceptors (Lipinski definition) is 5. The van der Waals surface area contributed by atoms with Crippen LogP contribution in [0.3, 0.4) is 0 Å². The molecule has 1 rings (SSSR count). The SMILES string of the molecule is COc1cc(NC(=O)CC#N)c(C)cc1S(=O)(=O)O. The van der Waals surface area contributed by atoms with Crippen molar-refractivity contribution in [2.75, 3.05) is 12.4 Å². The smallest absolute Gasteiger partial charge is 0.298 e. The van der Waals surface area contributed by atoms with Gasteiger partial charge in [0.05, 0.1) is 13.2 Å². The summed E-state index contributed by atoms with van der Waals surface area (Å²) in [5.41, 5.74) is 0.726. The molecule has 102 valence electrons. The molecule has 0 spiro atoms. The minimum absolute atomic E-state index is 0.0969. The summed E-state index contributed by atoms with van der Waals surface area (Å²) in [6.45, 7) is 1.55. The first-order chi connectivity index (χ1) is 8.79. The molecule has 1 aromatic carbocycles. The number of carbonyl (C=O) groups is 1. The lowest BCUT2D eigenvalue weighted by molar-refractivity contribution is -0.115. The van der Waals surface area contributed by atoms with Gasteiger partial charge in [0.15, 0.2) is 0 Å². The first kappa shape index (κ1) is 14.9. The lowest BCUT2D eigenvalue weighted by atomic mass is 10.2. The van der Waals surface area contributed by atoms with Gasteiger partial charge in [-0.1, -0.05) is 0 Å². The molecule has 2 N–H and O–H groups in total. The first-order valence-corrected chi connectivity index (χ1v) is 6.56. The van der Waals surface area contributed by atoms with Crippen molar-refractivity contribution >= 4 is 21.7 Å². The molecule has 8 heteroatoms. The molecule has 0 fully saturated rings. The normalized spacial score (nSPS) is 10.6. The Balaban J connectivity index is 3.25. The summed E-state index contributed by atoms with van der Waals surface area (Å²) in [6, 6.07) is 4.14. The van der Waals surface area contributed by atoms with Crippen LogP contribution in [0.1, 0.15) is 12.0 Å². The van der Waals surface area contributed by atoms with Crippen molar-refractivity contribution in [3.05, 3.63) is 17.7 Å². The molecule has 0 saturated heterocycles. The summed E-state index contributed by atoms with van der Waals surface area (Å²) in [5, 5.41) is 10.8. The van der Waals surface area contributed by atoms with Crippen molar-refractivity contribution in [2.45, 2.75) is 18.2 Å². The number of aryl methyl sites for hydroxylation is 1. The summed E-state index contributed by atoms with van der Waals surface area (Å²) < 4.78 is 36.2. The summed E-state index contributed by atoms with van der Waals surface area (Å²) in [6.07, 6.45) is -0.318. The number of nitriles is 1. The Hall–Kier alpha value is -2.11. The molecule has 1 amide bonds. The van der Waals surface area contributed by atoms with Crippen LogP contribution >= 0.6 is 0 Å². The van der Waals surface area contributed by atoms with E-state index in [1.165, 1.54) is 19.2 Å². The van der Waals surface area contributed by atoms with Crippen molar-refractivity contribution in [3.63, 3.8) is 0 Å². The highest BCUT2D eigenvalue weighted by atomic mass is 32.2. The van der Waals surface area contributed by atoms with Crippen LogP contribution in [0.5, 0.6) is 5.75 Å². The molecule has 0 heterocycles. The molecule has 0 aliphatic heterocycles. The Morgan fingerprint density at radius 3 is 2.63 bits per heavy atom. The van der Waals surface area contributed by atoms with Gasteiger partial charge in [-0.3, -0.25) is 9.35 Å². The third kappa shape index (κ3) is 3.67. The van der Waals surface area contributed by atoms with Crippen LogP contribution in [0.2, 0.25) is 0 Å². The van der Waals surface area contributed by atoms with E-state index < -0.39 is 16.0 Å². The van der Waals surface area contributed by atoms with Crippen molar-refractivity contribution in [3.8, 4) is 11.8 Å². The van der Waals surface area contributed by atoms with Crippen LogP contribution in [0.4, 0.5) is 5.69 Å². The zero-order valence-corrected chi connectivity index (χ0v) is 11.1. The fourth-order valence-corrected chi connectivity index (χ4v) is 2.15. The summed E-state index contributed by atoms with van der Waals surface area (Å²) in [4.78, 5) is 10.9. The van der Waals surface area contributed by atoms with E-state index in [2.05, 4.69) is 5.32 Å². The number of amides is 1. The maximum atomic E-state index is 11.3. The number of nitrogens with zero attached hydrogens (tertiary/aromatic N) is 1. The van der Waals surface area contributed by atoms with Crippen LogP contribution in [0.15, 0.2) is 17.0 Å². The monoisotopic (exact) mass is 284 g/mol. The van der Waals surface area contributed by atoms with Crippen molar-refractivity contribution in [1.29, 1.82) is 5.26 Å². The van der Waals surface area contributed by atoms with Crippen molar-refractivity contribution in [2.24, 2.45) is 0 Å². The minimum Gasteiger partial charge on any atom is -0.495 e. The number of ether oxygens (including phenoxy) is 1. The maximum Gasteiger partial charge on any atom is 0.298 e. The standard InChI is InChI=1S/C11H12N2O5S/c1-7-5-10(19(15,16)17)9(18-2)6-8(7)13-11(14)3-4-12/h5-6H,3H2,1-2H3,(H,13,14)(H,15,16,17). The minimum atomic E-state index is -4.41. The van der Waals surface area contributed by atoms with Crippen LogP contribution in [-0.2, 0) is 14.9 Å². The van der Waals surface area contributed by atoms with E-state index in [1.807, 2.05) is 0 Å². The first-order valence-electron chi connectivity index (χ1n) is 5.12. The Morgan fingerprint density at radius 1 is 1.53 bits per heavy atom. The van der Waals surface area contributed by atoms with Gasteiger partial charge in [0.1, 0.15) is 17.1 Å². The summed E-state index contributed by atoms with van der Waals surface area (Å²) in [5.74, 6) is -0.618. The molecule has 0 aliphatic carbocycles. The Morgan fingerprint density at radius 2 is 2.16 bits per heavy atom. The van der Waals surface area contributed by atoms with Gasteiger partial charge in [0.2, 0.25) is 5.91 Å². The number of hydrogen-bond donors (Lipinski definition) is 2. The van der Waals surface area contributed by atoms with Gasteiger partial charge in [0.25, 0.3) is 10.1 Å². The largest absolute Gasteiger partial charge is 0.495 e. The highest BCUT2D eigenvalue weighted by molar-refractivity contribution is 7.86. The zero-order valence-electron chi connectivity index (χ0n) is 10.3. The van der Waals surface area contributed by atoms with Gasteiger partial charge < -0.3 is 10.1 Å². The van der Waals surface area contributed by atoms with E-state index in [0.717, 1.165) is 0 Å². The Labute approximate surface area is 110 Å². The number of carbonyl (C=O) groups excluding carboxylic acids is 1. The van der Waals surface area contributed by atoms with Crippen LogP contribution in [-0.4, -0.2) is 26.0 Å². The predicted molar refractivity (Wildman–Crippen MR) is 66.4 cm³/mol. The average Bonchev–Trinajstić information content (AvgIpc) is 2.30. The van der Waals surface area contributed by atoms with Crippen LogP contribution in [0.25, 0.3) is 0 Å². The Bertz CT molecular complexity index is 646. The van der Waals surface area contributed by atoms with E-state index in [1.54, 1.807) is 13.0 Å². The van der Waals surface area contributed by atoms with Gasteiger partial charge in [0, 0.05) is 11.8 Å². The van der Waals surface area contributed by atoms with E-state index in [-0.39, 0.29) is 17.1 Å². The maximum absolute atomic E-state index is 11.3.